The van der Waals surface area contributed by atoms with Gasteiger partial charge in [0.25, 0.3) is 0 Å². The second kappa shape index (κ2) is 11.2. The Kier molecular flexibility index (Phi) is 8.61. The summed E-state index contributed by atoms with van der Waals surface area (Å²) in [5, 5.41) is 0. The zero-order chi connectivity index (χ0) is 19.5. The Hall–Kier alpha value is -2.57. The van der Waals surface area contributed by atoms with E-state index in [2.05, 4.69) is 30.9 Å². The van der Waals surface area contributed by atoms with Crippen LogP contribution in [0.5, 0.6) is 5.75 Å². The van der Waals surface area contributed by atoms with E-state index in [-0.39, 0.29) is 5.78 Å². The molecule has 2 aromatic rings. The molecular weight excluding hydrogens is 336 g/mol. The van der Waals surface area contributed by atoms with Gasteiger partial charge in [-0.2, -0.15) is 0 Å². The highest BCUT2D eigenvalue weighted by Gasteiger charge is 2.06. The maximum absolute atomic E-state index is 11.2. The van der Waals surface area contributed by atoms with Crippen molar-refractivity contribution in [2.75, 3.05) is 20.3 Å². The summed E-state index contributed by atoms with van der Waals surface area (Å²) in [4.78, 5) is 11.2. The number of hydrogen-bond acceptors (Lipinski definition) is 3. The smallest absolute Gasteiger partial charge is 0.130 e. The van der Waals surface area contributed by atoms with Crippen LogP contribution in [0.2, 0.25) is 0 Å². The van der Waals surface area contributed by atoms with Crippen molar-refractivity contribution in [2.24, 2.45) is 5.92 Å². The number of benzene rings is 2. The lowest BCUT2D eigenvalue weighted by atomic mass is 9.96. The molecule has 0 aliphatic rings. The number of ketones is 1. The molecular formula is C24H28O3. The monoisotopic (exact) mass is 364 g/mol. The molecule has 1 atom stereocenters. The Labute approximate surface area is 162 Å². The molecule has 2 aromatic carbocycles. The van der Waals surface area contributed by atoms with Crippen molar-refractivity contribution in [3.8, 4) is 17.6 Å². The first-order valence-electron chi connectivity index (χ1n) is 9.39. The molecule has 0 fully saturated rings. The summed E-state index contributed by atoms with van der Waals surface area (Å²) >= 11 is 0. The largest absolute Gasteiger partial charge is 0.494 e. The Balaban J connectivity index is 1.88. The molecule has 0 bridgehead atoms. The van der Waals surface area contributed by atoms with Gasteiger partial charge in [0.05, 0.1) is 6.61 Å². The molecule has 0 saturated carbocycles. The van der Waals surface area contributed by atoms with Crippen molar-refractivity contribution in [3.63, 3.8) is 0 Å². The molecule has 0 amide bonds. The second-order valence-corrected chi connectivity index (χ2v) is 6.88. The van der Waals surface area contributed by atoms with Crippen molar-refractivity contribution in [1.82, 2.24) is 0 Å². The van der Waals surface area contributed by atoms with Crippen molar-refractivity contribution < 1.29 is 14.3 Å². The minimum Gasteiger partial charge on any atom is -0.494 e. The highest BCUT2D eigenvalue weighted by atomic mass is 16.5. The SMILES string of the molecule is COCCCOc1ccc(C#Cc2ccc(CC(C)CC(C)=O)cc2)cc1. The minimum atomic E-state index is 0.247. The van der Waals surface area contributed by atoms with E-state index in [1.807, 2.05) is 36.4 Å². The molecule has 3 heteroatoms. The lowest BCUT2D eigenvalue weighted by Crippen LogP contribution is -2.04. The van der Waals surface area contributed by atoms with Crippen LogP contribution in [-0.2, 0) is 16.0 Å². The topological polar surface area (TPSA) is 35.5 Å². The third-order valence-electron chi connectivity index (χ3n) is 4.14. The highest BCUT2D eigenvalue weighted by molar-refractivity contribution is 5.75. The van der Waals surface area contributed by atoms with Crippen LogP contribution in [0, 0.1) is 17.8 Å². The van der Waals surface area contributed by atoms with Gasteiger partial charge in [0.1, 0.15) is 11.5 Å². The maximum Gasteiger partial charge on any atom is 0.130 e. The predicted molar refractivity (Wildman–Crippen MR) is 109 cm³/mol. The molecule has 0 N–H and O–H groups in total. The molecule has 27 heavy (non-hydrogen) atoms. The van der Waals surface area contributed by atoms with Crippen LogP contribution < -0.4 is 4.74 Å². The van der Waals surface area contributed by atoms with Gasteiger partial charge in [-0.25, -0.2) is 0 Å². The third kappa shape index (κ3) is 8.11. The Bertz CT molecular complexity index is 764. The fourth-order valence-electron chi connectivity index (χ4n) is 2.86. The number of carbonyl (C=O) groups is 1. The number of rotatable bonds is 9. The van der Waals surface area contributed by atoms with Crippen molar-refractivity contribution in [3.05, 3.63) is 65.2 Å². The van der Waals surface area contributed by atoms with Gasteiger partial charge in [-0.15, -0.1) is 0 Å². The van der Waals surface area contributed by atoms with E-state index in [1.54, 1.807) is 14.0 Å². The molecule has 0 aliphatic carbocycles. The molecule has 0 heterocycles. The van der Waals surface area contributed by atoms with Gasteiger partial charge < -0.3 is 14.3 Å². The summed E-state index contributed by atoms with van der Waals surface area (Å²) < 4.78 is 10.6. The van der Waals surface area contributed by atoms with E-state index in [1.165, 1.54) is 5.56 Å². The van der Waals surface area contributed by atoms with Crippen LogP contribution in [-0.4, -0.2) is 26.1 Å². The summed E-state index contributed by atoms with van der Waals surface area (Å²) in [7, 11) is 1.69. The number of hydrogen-bond donors (Lipinski definition) is 0. The van der Waals surface area contributed by atoms with E-state index in [9.17, 15) is 4.79 Å². The van der Waals surface area contributed by atoms with Crippen molar-refractivity contribution in [2.45, 2.75) is 33.1 Å². The summed E-state index contributed by atoms with van der Waals surface area (Å²) in [6.07, 6.45) is 2.42. The highest BCUT2D eigenvalue weighted by Crippen LogP contribution is 2.14. The van der Waals surface area contributed by atoms with E-state index in [0.29, 0.717) is 25.6 Å². The van der Waals surface area contributed by atoms with Crippen LogP contribution >= 0.6 is 0 Å². The van der Waals surface area contributed by atoms with Gasteiger partial charge in [0.2, 0.25) is 0 Å². The van der Waals surface area contributed by atoms with Crippen LogP contribution in [0.15, 0.2) is 48.5 Å². The lowest BCUT2D eigenvalue weighted by molar-refractivity contribution is -0.117. The zero-order valence-electron chi connectivity index (χ0n) is 16.5. The van der Waals surface area contributed by atoms with Crippen LogP contribution in [0.4, 0.5) is 0 Å². The fraction of sp³-hybridized carbons (Fsp3) is 0.375. The number of Topliss-reactive ketones (excluding diaryl/α,β-unsaturated/α-hetero) is 1. The first-order valence-corrected chi connectivity index (χ1v) is 9.39. The Morgan fingerprint density at radius 1 is 0.963 bits per heavy atom. The first kappa shape index (κ1) is 20.7. The van der Waals surface area contributed by atoms with Crippen LogP contribution in [0.25, 0.3) is 0 Å². The average Bonchev–Trinajstić information content (AvgIpc) is 2.65. The van der Waals surface area contributed by atoms with Gasteiger partial charge in [-0.3, -0.25) is 0 Å². The zero-order valence-corrected chi connectivity index (χ0v) is 16.5. The van der Waals surface area contributed by atoms with Gasteiger partial charge in [-0.05, 0) is 61.2 Å². The summed E-state index contributed by atoms with van der Waals surface area (Å²) in [5.41, 5.74) is 3.18. The van der Waals surface area contributed by atoms with Crippen molar-refractivity contribution >= 4 is 5.78 Å². The third-order valence-corrected chi connectivity index (χ3v) is 4.14. The fourth-order valence-corrected chi connectivity index (χ4v) is 2.86. The van der Waals surface area contributed by atoms with E-state index >= 15 is 0 Å². The maximum atomic E-state index is 11.2. The van der Waals surface area contributed by atoms with E-state index in [0.717, 1.165) is 29.7 Å². The molecule has 2 rings (SSSR count). The standard InChI is InChI=1S/C24H28O3/c1-19(17-20(2)25)18-23-9-7-21(8-10-23)5-6-22-11-13-24(14-12-22)27-16-4-15-26-3/h7-14,19H,4,15-18H2,1-3H3. The molecule has 0 aliphatic heterocycles. The quantitative estimate of drug-likeness (QED) is 0.479. The summed E-state index contributed by atoms with van der Waals surface area (Å²) in [6.45, 7) is 5.11. The van der Waals surface area contributed by atoms with Gasteiger partial charge in [0, 0.05) is 37.7 Å². The minimum absolute atomic E-state index is 0.247. The van der Waals surface area contributed by atoms with Gasteiger partial charge in [-0.1, -0.05) is 30.9 Å². The van der Waals surface area contributed by atoms with E-state index in [4.69, 9.17) is 9.47 Å². The molecule has 0 spiro atoms. The number of ether oxygens (including phenoxy) is 2. The van der Waals surface area contributed by atoms with Gasteiger partial charge in [0.15, 0.2) is 0 Å². The molecule has 0 radical (unpaired) electrons. The van der Waals surface area contributed by atoms with Crippen LogP contribution in [0.1, 0.15) is 43.4 Å². The normalized spacial score (nSPS) is 11.4. The Morgan fingerprint density at radius 3 is 2.11 bits per heavy atom. The molecule has 0 saturated heterocycles. The Morgan fingerprint density at radius 2 is 1.56 bits per heavy atom. The molecule has 142 valence electrons. The van der Waals surface area contributed by atoms with Gasteiger partial charge >= 0.3 is 0 Å². The molecule has 1 unspecified atom stereocenters. The molecule has 3 nitrogen and oxygen atoms in total. The van der Waals surface area contributed by atoms with E-state index < -0.39 is 0 Å². The lowest BCUT2D eigenvalue weighted by Gasteiger charge is -2.09. The number of carbonyl (C=O) groups excluding carboxylic acids is 1. The van der Waals surface area contributed by atoms with Crippen LogP contribution in [0.3, 0.4) is 0 Å². The summed E-state index contributed by atoms with van der Waals surface area (Å²) in [5.74, 6) is 7.84. The average molecular weight is 364 g/mol. The van der Waals surface area contributed by atoms with Crippen molar-refractivity contribution in [1.29, 1.82) is 0 Å². The summed E-state index contributed by atoms with van der Waals surface area (Å²) in [6, 6.07) is 16.1. The molecule has 0 aromatic heterocycles. The number of methoxy groups -OCH3 is 1. The predicted octanol–water partition coefficient (Wildman–Crippen LogP) is 4.66. The second-order valence-electron chi connectivity index (χ2n) is 6.88. The first-order chi connectivity index (χ1) is 13.1.